The Morgan fingerprint density at radius 3 is 3.11 bits per heavy atom. The quantitative estimate of drug-likeness (QED) is 0.895. The number of rotatable bonds is 5. The van der Waals surface area contributed by atoms with E-state index in [4.69, 9.17) is 9.26 Å². The van der Waals surface area contributed by atoms with E-state index in [9.17, 15) is 0 Å². The molecule has 3 rings (SSSR count). The van der Waals surface area contributed by atoms with Crippen molar-refractivity contribution in [3.05, 3.63) is 16.8 Å². The van der Waals surface area contributed by atoms with E-state index in [-0.39, 0.29) is 0 Å². The Morgan fingerprint density at radius 1 is 1.42 bits per heavy atom. The second-order valence-corrected chi connectivity index (χ2v) is 5.17. The van der Waals surface area contributed by atoms with Crippen molar-refractivity contribution in [2.45, 2.75) is 25.4 Å². The summed E-state index contributed by atoms with van der Waals surface area (Å²) < 4.78 is 11.0. The van der Waals surface area contributed by atoms with Crippen molar-refractivity contribution in [3.8, 4) is 11.5 Å². The Labute approximate surface area is 115 Å². The van der Waals surface area contributed by atoms with Gasteiger partial charge in [0.1, 0.15) is 5.69 Å². The largest absolute Gasteiger partial charge is 0.378 e. The summed E-state index contributed by atoms with van der Waals surface area (Å²) in [6, 6.07) is 0. The van der Waals surface area contributed by atoms with Crippen LogP contribution in [-0.2, 0) is 11.2 Å². The van der Waals surface area contributed by atoms with Gasteiger partial charge in [0.2, 0.25) is 11.7 Å². The van der Waals surface area contributed by atoms with Gasteiger partial charge in [-0.05, 0) is 25.9 Å². The van der Waals surface area contributed by atoms with Crippen LogP contribution >= 0.6 is 11.3 Å². The van der Waals surface area contributed by atoms with Crippen LogP contribution in [0.25, 0.3) is 11.5 Å². The molecule has 0 aromatic carbocycles. The zero-order valence-corrected chi connectivity index (χ0v) is 11.4. The van der Waals surface area contributed by atoms with Gasteiger partial charge >= 0.3 is 0 Å². The maximum Gasteiger partial charge on any atom is 0.229 e. The van der Waals surface area contributed by atoms with E-state index in [0.29, 0.717) is 30.8 Å². The van der Waals surface area contributed by atoms with Crippen molar-refractivity contribution in [2.24, 2.45) is 0 Å². The molecule has 0 spiro atoms. The van der Waals surface area contributed by atoms with Gasteiger partial charge in [-0.15, -0.1) is 11.3 Å². The molecule has 2 aromatic rings. The predicted molar refractivity (Wildman–Crippen MR) is 71.0 cm³/mol. The van der Waals surface area contributed by atoms with Gasteiger partial charge in [0, 0.05) is 5.38 Å². The fourth-order valence-corrected chi connectivity index (χ4v) is 2.59. The van der Waals surface area contributed by atoms with Gasteiger partial charge in [0.05, 0.1) is 24.6 Å². The van der Waals surface area contributed by atoms with Gasteiger partial charge in [-0.2, -0.15) is 4.98 Å². The molecule has 6 nitrogen and oxygen atoms in total. The van der Waals surface area contributed by atoms with Crippen molar-refractivity contribution in [2.75, 3.05) is 19.7 Å². The molecule has 1 fully saturated rings. The van der Waals surface area contributed by atoms with E-state index in [2.05, 4.69) is 20.4 Å². The minimum absolute atomic E-state index is 0.363. The van der Waals surface area contributed by atoms with Gasteiger partial charge in [0.25, 0.3) is 0 Å². The van der Waals surface area contributed by atoms with Crippen molar-refractivity contribution in [1.82, 2.24) is 20.4 Å². The third-order valence-electron chi connectivity index (χ3n) is 3.09. The van der Waals surface area contributed by atoms with Crippen LogP contribution in [0.1, 0.15) is 18.7 Å². The maximum absolute atomic E-state index is 5.81. The highest BCUT2D eigenvalue weighted by Gasteiger charge is 2.14. The molecular formula is C12H16N4O2S. The van der Waals surface area contributed by atoms with Gasteiger partial charge in [-0.25, -0.2) is 4.98 Å². The summed E-state index contributed by atoms with van der Waals surface area (Å²) in [7, 11) is 0. The summed E-state index contributed by atoms with van der Waals surface area (Å²) in [5.41, 5.74) is 2.52. The van der Waals surface area contributed by atoms with E-state index in [0.717, 1.165) is 31.6 Å². The summed E-state index contributed by atoms with van der Waals surface area (Å²) in [6.45, 7) is 2.71. The first-order valence-corrected chi connectivity index (χ1v) is 7.39. The van der Waals surface area contributed by atoms with Gasteiger partial charge in [-0.1, -0.05) is 5.16 Å². The molecule has 7 heteroatoms. The van der Waals surface area contributed by atoms with E-state index in [1.165, 1.54) is 11.3 Å². The van der Waals surface area contributed by atoms with Crippen LogP contribution in [0, 0.1) is 0 Å². The number of nitrogens with one attached hydrogen (secondary N) is 1. The molecule has 0 saturated carbocycles. The molecule has 0 aliphatic carbocycles. The predicted octanol–water partition coefficient (Wildman–Crippen LogP) is 1.50. The highest BCUT2D eigenvalue weighted by Crippen LogP contribution is 2.15. The Kier molecular flexibility index (Phi) is 4.16. The van der Waals surface area contributed by atoms with E-state index in [1.807, 2.05) is 5.38 Å². The van der Waals surface area contributed by atoms with E-state index >= 15 is 0 Å². The number of hydrogen-bond acceptors (Lipinski definition) is 7. The molecule has 0 atom stereocenters. The molecule has 0 bridgehead atoms. The zero-order valence-electron chi connectivity index (χ0n) is 10.5. The zero-order chi connectivity index (χ0) is 12.9. The first-order valence-electron chi connectivity index (χ1n) is 6.45. The van der Waals surface area contributed by atoms with Crippen molar-refractivity contribution in [3.63, 3.8) is 0 Å². The molecule has 1 N–H and O–H groups in total. The van der Waals surface area contributed by atoms with Crippen LogP contribution in [0.15, 0.2) is 15.4 Å². The minimum atomic E-state index is 0.363. The van der Waals surface area contributed by atoms with Crippen LogP contribution in [0.5, 0.6) is 0 Å². The lowest BCUT2D eigenvalue weighted by Crippen LogP contribution is -2.32. The molecule has 1 saturated heterocycles. The number of aromatic nitrogens is 3. The second-order valence-electron chi connectivity index (χ2n) is 4.46. The number of ether oxygens (including phenoxy) is 1. The molecule has 0 amide bonds. The van der Waals surface area contributed by atoms with Gasteiger partial charge in [-0.3, -0.25) is 0 Å². The Balaban J connectivity index is 1.48. The van der Waals surface area contributed by atoms with Gasteiger partial charge < -0.3 is 14.6 Å². The topological polar surface area (TPSA) is 73.1 Å². The normalized spacial score (nSPS) is 16.8. The van der Waals surface area contributed by atoms with Crippen molar-refractivity contribution < 1.29 is 9.26 Å². The van der Waals surface area contributed by atoms with Crippen LogP contribution in [0.2, 0.25) is 0 Å². The molecule has 1 aliphatic rings. The molecule has 0 radical (unpaired) electrons. The molecule has 19 heavy (non-hydrogen) atoms. The highest BCUT2D eigenvalue weighted by atomic mass is 32.1. The fourth-order valence-electron chi connectivity index (χ4n) is 2.06. The third kappa shape index (κ3) is 3.37. The summed E-state index contributed by atoms with van der Waals surface area (Å²) in [5.74, 6) is 1.16. The van der Waals surface area contributed by atoms with Crippen LogP contribution in [-0.4, -0.2) is 40.9 Å². The third-order valence-corrected chi connectivity index (χ3v) is 3.67. The molecule has 102 valence electrons. The number of nitrogens with zero attached hydrogens (tertiary/aromatic N) is 3. The average molecular weight is 280 g/mol. The first-order chi connectivity index (χ1) is 9.42. The van der Waals surface area contributed by atoms with Crippen molar-refractivity contribution in [1.29, 1.82) is 0 Å². The molecule has 1 aliphatic heterocycles. The Bertz CT molecular complexity index is 494. The smallest absolute Gasteiger partial charge is 0.229 e. The lowest BCUT2D eigenvalue weighted by atomic mass is 10.1. The number of thiazole rings is 1. The lowest BCUT2D eigenvalue weighted by molar-refractivity contribution is 0.0322. The standard InChI is InChI=1S/C12H16N4O2S/c1-4-13-5-2-9(1)17-6-3-11-15-12(16-18-11)10-7-19-8-14-10/h7-9,13H,1-6H2. The fraction of sp³-hybridized carbons (Fsp3) is 0.583. The van der Waals surface area contributed by atoms with Crippen LogP contribution in [0.3, 0.4) is 0 Å². The SMILES string of the molecule is c1nc(-c2noc(CCOC3CCNCC3)n2)cs1. The Hall–Kier alpha value is -1.31. The van der Waals surface area contributed by atoms with Gasteiger partial charge in [0.15, 0.2) is 0 Å². The summed E-state index contributed by atoms with van der Waals surface area (Å²) >= 11 is 1.52. The average Bonchev–Trinajstić information content (AvgIpc) is 3.10. The summed E-state index contributed by atoms with van der Waals surface area (Å²) in [4.78, 5) is 8.46. The first kappa shape index (κ1) is 12.7. The van der Waals surface area contributed by atoms with E-state index in [1.54, 1.807) is 5.51 Å². The molecule has 2 aromatic heterocycles. The number of hydrogen-bond donors (Lipinski definition) is 1. The van der Waals surface area contributed by atoms with E-state index < -0.39 is 0 Å². The molecular weight excluding hydrogens is 264 g/mol. The monoisotopic (exact) mass is 280 g/mol. The Morgan fingerprint density at radius 2 is 2.32 bits per heavy atom. The molecule has 0 unspecified atom stereocenters. The highest BCUT2D eigenvalue weighted by molar-refractivity contribution is 7.07. The van der Waals surface area contributed by atoms with Crippen molar-refractivity contribution >= 4 is 11.3 Å². The summed E-state index contributed by atoms with van der Waals surface area (Å²) in [6.07, 6.45) is 3.17. The maximum atomic E-state index is 5.81. The molecule has 3 heterocycles. The lowest BCUT2D eigenvalue weighted by Gasteiger charge is -2.22. The van der Waals surface area contributed by atoms with Crippen LogP contribution < -0.4 is 5.32 Å². The second kappa shape index (κ2) is 6.23. The number of piperidine rings is 1. The summed E-state index contributed by atoms with van der Waals surface area (Å²) in [5, 5.41) is 9.13. The minimum Gasteiger partial charge on any atom is -0.378 e. The van der Waals surface area contributed by atoms with Crippen LogP contribution in [0.4, 0.5) is 0 Å².